The third-order valence-corrected chi connectivity index (χ3v) is 10.5. The number of unbranched alkanes of at least 4 members (excludes halogenated alkanes) is 7. The second-order valence-electron chi connectivity index (χ2n) is 13.3. The molecule has 4 aliphatic rings. The highest BCUT2D eigenvalue weighted by molar-refractivity contribution is 6.05. The number of fused-ring (bicyclic) bond motifs is 5. The number of esters is 1. The Balaban J connectivity index is 1.53. The van der Waals surface area contributed by atoms with Crippen LogP contribution in [0, 0.1) is 17.8 Å². The standard InChI is InChI=1S/C34H50O9/c1-6-7-8-9-10-11-12-13-14-15-16-17-25(36)42-31(21(2)3)19-23(5)33(40)24-18-22(4)27(37)34(24,41)30(39)32(20-35)29(43-32)26(33)28(31)38/h14-18,23-24,26,28-30,35,38-41H,2,6-13,19-20H2,1,3-5H3/b15-14+,17-16-/t23-,24+,26-,28-,29+,30-,31-,32+,33+,34-/m1/s1. The summed E-state index contributed by atoms with van der Waals surface area (Å²) >= 11 is 0. The molecule has 0 spiro atoms. The van der Waals surface area contributed by atoms with Crippen molar-refractivity contribution in [1.82, 2.24) is 0 Å². The number of hydrogen-bond donors (Lipinski definition) is 5. The number of hydrogen-bond acceptors (Lipinski definition) is 9. The maximum atomic E-state index is 13.2. The van der Waals surface area contributed by atoms with Crippen LogP contribution in [-0.2, 0) is 19.1 Å². The number of ketones is 1. The van der Waals surface area contributed by atoms with Crippen LogP contribution in [0.25, 0.3) is 0 Å². The Kier molecular flexibility index (Phi) is 9.96. The number of aliphatic hydroxyl groups is 5. The Hall–Kier alpha value is -2.14. The molecule has 0 aromatic heterocycles. The zero-order valence-electron chi connectivity index (χ0n) is 26.0. The van der Waals surface area contributed by atoms with Crippen molar-refractivity contribution in [3.05, 3.63) is 48.1 Å². The Morgan fingerprint density at radius 2 is 1.79 bits per heavy atom. The summed E-state index contributed by atoms with van der Waals surface area (Å²) in [5, 5.41) is 57.7. The molecule has 1 heterocycles. The lowest BCUT2D eigenvalue weighted by molar-refractivity contribution is -0.252. The van der Waals surface area contributed by atoms with Gasteiger partial charge in [0.15, 0.2) is 17.0 Å². The van der Waals surface area contributed by atoms with E-state index in [4.69, 9.17) is 9.47 Å². The van der Waals surface area contributed by atoms with Crippen molar-refractivity contribution in [1.29, 1.82) is 0 Å². The van der Waals surface area contributed by atoms with E-state index in [1.54, 1.807) is 26.0 Å². The van der Waals surface area contributed by atoms with E-state index in [9.17, 15) is 35.1 Å². The normalized spacial score (nSPS) is 41.9. The van der Waals surface area contributed by atoms with Crippen molar-refractivity contribution in [3.63, 3.8) is 0 Å². The van der Waals surface area contributed by atoms with Crippen LogP contribution in [0.5, 0.6) is 0 Å². The average molecular weight is 603 g/mol. The van der Waals surface area contributed by atoms with Crippen molar-refractivity contribution in [3.8, 4) is 0 Å². The molecule has 0 radical (unpaired) electrons. The van der Waals surface area contributed by atoms with Gasteiger partial charge in [0.25, 0.3) is 0 Å². The molecule has 4 rings (SSSR count). The summed E-state index contributed by atoms with van der Waals surface area (Å²) in [5.41, 5.74) is -7.36. The summed E-state index contributed by atoms with van der Waals surface area (Å²) in [6.07, 6.45) is 12.9. The number of allylic oxidation sites excluding steroid dienone is 3. The fraction of sp³-hybridized carbons (Fsp3) is 0.706. The van der Waals surface area contributed by atoms with E-state index in [0.29, 0.717) is 5.57 Å². The predicted octanol–water partition coefficient (Wildman–Crippen LogP) is 3.23. The molecule has 1 aliphatic heterocycles. The third kappa shape index (κ3) is 5.40. The van der Waals surface area contributed by atoms with E-state index < -0.39 is 76.8 Å². The largest absolute Gasteiger partial charge is 0.449 e. The molecule has 0 unspecified atom stereocenters. The SMILES string of the molecule is C=C(C)[C@]1(OC(=O)/C=C\C=C\CCCCCCCCC)C[C@@H](C)[C@@]2(O)[C@H]([C@H]1O)[C@@H]1O[C@]1(CO)[C@@H](O)[C@]1(O)C(=O)C(C)=C[C@H]12. The zero-order chi connectivity index (χ0) is 31.8. The molecule has 9 nitrogen and oxygen atoms in total. The number of aliphatic hydroxyl groups excluding tert-OH is 3. The Morgan fingerprint density at radius 1 is 1.14 bits per heavy atom. The Bertz CT molecular complexity index is 1170. The smallest absolute Gasteiger partial charge is 0.331 e. The van der Waals surface area contributed by atoms with Gasteiger partial charge in [-0.2, -0.15) is 0 Å². The topological polar surface area (TPSA) is 157 Å². The monoisotopic (exact) mass is 602 g/mol. The van der Waals surface area contributed by atoms with Crippen LogP contribution in [0.1, 0.15) is 85.5 Å². The van der Waals surface area contributed by atoms with Gasteiger partial charge in [0.2, 0.25) is 0 Å². The maximum absolute atomic E-state index is 13.2. The van der Waals surface area contributed by atoms with Crippen molar-refractivity contribution in [2.45, 2.75) is 126 Å². The van der Waals surface area contributed by atoms with Gasteiger partial charge in [0.05, 0.1) is 12.2 Å². The van der Waals surface area contributed by atoms with Crippen LogP contribution < -0.4 is 0 Å². The van der Waals surface area contributed by atoms with E-state index in [1.807, 2.05) is 6.08 Å². The van der Waals surface area contributed by atoms with Gasteiger partial charge in [-0.25, -0.2) is 4.79 Å². The van der Waals surface area contributed by atoms with Crippen LogP contribution in [0.4, 0.5) is 0 Å². The van der Waals surface area contributed by atoms with Crippen LogP contribution in [0.15, 0.2) is 48.1 Å². The molecule has 2 saturated carbocycles. The van der Waals surface area contributed by atoms with Crippen molar-refractivity contribution < 1.29 is 44.6 Å². The highest BCUT2D eigenvalue weighted by Crippen LogP contribution is 2.65. The molecule has 3 aliphatic carbocycles. The summed E-state index contributed by atoms with van der Waals surface area (Å²) < 4.78 is 11.7. The Labute approximate surface area is 255 Å². The van der Waals surface area contributed by atoms with Gasteiger partial charge in [-0.3, -0.25) is 4.79 Å². The Morgan fingerprint density at radius 3 is 2.42 bits per heavy atom. The van der Waals surface area contributed by atoms with E-state index >= 15 is 0 Å². The fourth-order valence-corrected chi connectivity index (χ4v) is 7.97. The number of carbonyl (C=O) groups is 2. The fourth-order valence-electron chi connectivity index (χ4n) is 7.97. The number of rotatable bonds is 13. The summed E-state index contributed by atoms with van der Waals surface area (Å²) in [5.74, 6) is -4.79. The number of epoxide rings is 1. The predicted molar refractivity (Wildman–Crippen MR) is 161 cm³/mol. The molecular formula is C34H50O9. The van der Waals surface area contributed by atoms with Crippen molar-refractivity contribution >= 4 is 11.8 Å². The lowest BCUT2D eigenvalue weighted by atomic mass is 9.54. The number of Topliss-reactive ketones (excluding diaryl/α,β-unsaturated/α-hetero) is 1. The summed E-state index contributed by atoms with van der Waals surface area (Å²) in [7, 11) is 0. The van der Waals surface area contributed by atoms with Gasteiger partial charge in [-0.1, -0.05) is 83.3 Å². The first-order valence-electron chi connectivity index (χ1n) is 15.8. The molecule has 1 saturated heterocycles. The van der Waals surface area contributed by atoms with Crippen molar-refractivity contribution in [2.75, 3.05) is 6.61 Å². The van der Waals surface area contributed by atoms with E-state index in [0.717, 1.165) is 12.8 Å². The molecule has 0 aromatic carbocycles. The molecular weight excluding hydrogens is 552 g/mol. The molecule has 5 N–H and O–H groups in total. The van der Waals surface area contributed by atoms with Gasteiger partial charge in [0, 0.05) is 17.9 Å². The molecule has 0 aromatic rings. The molecule has 240 valence electrons. The lowest BCUT2D eigenvalue weighted by Crippen LogP contribution is -2.71. The van der Waals surface area contributed by atoms with Gasteiger partial charge >= 0.3 is 5.97 Å². The minimum Gasteiger partial charge on any atom is -0.449 e. The molecule has 10 atom stereocenters. The minimum absolute atomic E-state index is 0.0627. The molecule has 0 amide bonds. The summed E-state index contributed by atoms with van der Waals surface area (Å²) in [4.78, 5) is 26.3. The minimum atomic E-state index is -2.47. The van der Waals surface area contributed by atoms with Crippen LogP contribution in [0.2, 0.25) is 0 Å². The second-order valence-corrected chi connectivity index (χ2v) is 13.3. The quantitative estimate of drug-likeness (QED) is 0.0533. The number of ether oxygens (including phenoxy) is 2. The van der Waals surface area contributed by atoms with Gasteiger partial charge in [0.1, 0.15) is 23.9 Å². The first kappa shape index (κ1) is 33.7. The summed E-state index contributed by atoms with van der Waals surface area (Å²) in [6, 6.07) is 0. The van der Waals surface area contributed by atoms with Crippen LogP contribution >= 0.6 is 0 Å². The first-order chi connectivity index (χ1) is 20.3. The van der Waals surface area contributed by atoms with E-state index in [1.165, 1.54) is 57.6 Å². The summed E-state index contributed by atoms with van der Waals surface area (Å²) in [6.45, 7) is 10.2. The van der Waals surface area contributed by atoms with Crippen LogP contribution in [0.3, 0.4) is 0 Å². The maximum Gasteiger partial charge on any atom is 0.331 e. The second kappa shape index (κ2) is 12.7. The molecule has 0 bridgehead atoms. The van der Waals surface area contributed by atoms with Crippen LogP contribution in [-0.4, -0.2) is 84.6 Å². The molecule has 9 heteroatoms. The first-order valence-corrected chi connectivity index (χ1v) is 15.8. The highest BCUT2D eigenvalue weighted by Gasteiger charge is 2.83. The zero-order valence-corrected chi connectivity index (χ0v) is 26.0. The lowest BCUT2D eigenvalue weighted by Gasteiger charge is -2.57. The molecule has 3 fully saturated rings. The van der Waals surface area contributed by atoms with Gasteiger partial charge < -0.3 is 35.0 Å². The average Bonchev–Trinajstić information content (AvgIpc) is 3.65. The molecule has 43 heavy (non-hydrogen) atoms. The van der Waals surface area contributed by atoms with Crippen molar-refractivity contribution in [2.24, 2.45) is 17.8 Å². The third-order valence-electron chi connectivity index (χ3n) is 10.5. The van der Waals surface area contributed by atoms with E-state index in [2.05, 4.69) is 13.5 Å². The van der Waals surface area contributed by atoms with Gasteiger partial charge in [-0.15, -0.1) is 0 Å². The number of carbonyl (C=O) groups excluding carboxylic acids is 2. The van der Waals surface area contributed by atoms with Gasteiger partial charge in [-0.05, 0) is 50.2 Å². The van der Waals surface area contributed by atoms with E-state index in [-0.39, 0.29) is 12.0 Å². The highest BCUT2D eigenvalue weighted by atomic mass is 16.6.